The number of anilines is 1. The monoisotopic (exact) mass is 276 g/mol. The Kier molecular flexibility index (Phi) is 2.93. The number of aromatic nitrogens is 1. The number of benzene rings is 1. The predicted octanol–water partition coefficient (Wildman–Crippen LogP) is 3.83. The Bertz CT molecular complexity index is 674. The molecule has 3 nitrogen and oxygen atoms in total. The third-order valence-corrected chi connectivity index (χ3v) is 4.36. The van der Waals surface area contributed by atoms with Crippen molar-refractivity contribution in [2.24, 2.45) is 0 Å². The lowest BCUT2D eigenvalue weighted by Gasteiger charge is -2.07. The number of thiophene rings is 1. The van der Waals surface area contributed by atoms with Crippen LogP contribution in [-0.4, -0.2) is 4.98 Å². The van der Waals surface area contributed by atoms with Crippen molar-refractivity contribution < 1.29 is 4.74 Å². The van der Waals surface area contributed by atoms with Gasteiger partial charge in [0.15, 0.2) is 0 Å². The van der Waals surface area contributed by atoms with Crippen molar-refractivity contribution >= 4 is 38.6 Å². The lowest BCUT2D eigenvalue weighted by atomic mass is 10.3. The summed E-state index contributed by atoms with van der Waals surface area (Å²) >= 11 is 3.32. The average Bonchev–Trinajstić information content (AvgIpc) is 2.94. The molecule has 0 bridgehead atoms. The molecule has 0 atom stereocenters. The number of hydrogen-bond acceptors (Lipinski definition) is 5. The van der Waals surface area contributed by atoms with Crippen molar-refractivity contribution in [1.29, 1.82) is 0 Å². The molecular weight excluding hydrogens is 264 g/mol. The number of thiazole rings is 1. The minimum Gasteiger partial charge on any atom is -0.486 e. The van der Waals surface area contributed by atoms with E-state index in [9.17, 15) is 0 Å². The minimum absolute atomic E-state index is 0.552. The van der Waals surface area contributed by atoms with Crippen LogP contribution in [0.3, 0.4) is 0 Å². The van der Waals surface area contributed by atoms with E-state index in [2.05, 4.69) is 4.98 Å². The summed E-state index contributed by atoms with van der Waals surface area (Å²) in [5.41, 5.74) is 7.61. The van der Waals surface area contributed by atoms with E-state index in [1.54, 1.807) is 22.7 Å². The highest BCUT2D eigenvalue weighted by Gasteiger charge is 2.07. The highest BCUT2D eigenvalue weighted by atomic mass is 32.1. The third-order valence-electron chi connectivity index (χ3n) is 2.58. The minimum atomic E-state index is 0.552. The average molecular weight is 276 g/mol. The Balaban J connectivity index is 1.88. The zero-order valence-electron chi connectivity index (χ0n) is 9.84. The molecule has 0 radical (unpaired) electrons. The SMILES string of the molecule is Cc1nc2cc(OCc3cccs3)c(N)cc2s1. The number of hydrogen-bond donors (Lipinski definition) is 1. The molecule has 0 saturated heterocycles. The van der Waals surface area contributed by atoms with E-state index in [1.807, 2.05) is 36.6 Å². The molecular formula is C13H12N2OS2. The molecule has 2 N–H and O–H groups in total. The smallest absolute Gasteiger partial charge is 0.144 e. The van der Waals surface area contributed by atoms with Crippen LogP contribution in [0.2, 0.25) is 0 Å². The van der Waals surface area contributed by atoms with Gasteiger partial charge >= 0.3 is 0 Å². The molecule has 1 aromatic carbocycles. The first kappa shape index (κ1) is 11.5. The molecule has 0 fully saturated rings. The summed E-state index contributed by atoms with van der Waals surface area (Å²) in [4.78, 5) is 5.63. The Morgan fingerprint density at radius 2 is 2.28 bits per heavy atom. The fourth-order valence-electron chi connectivity index (χ4n) is 1.75. The van der Waals surface area contributed by atoms with Gasteiger partial charge in [-0.2, -0.15) is 0 Å². The molecule has 0 amide bonds. The van der Waals surface area contributed by atoms with E-state index < -0.39 is 0 Å². The van der Waals surface area contributed by atoms with Gasteiger partial charge in [-0.1, -0.05) is 6.07 Å². The molecule has 0 saturated carbocycles. The molecule has 3 rings (SSSR count). The summed E-state index contributed by atoms with van der Waals surface area (Å²) < 4.78 is 6.85. The number of nitrogens with two attached hydrogens (primary N) is 1. The molecule has 92 valence electrons. The molecule has 3 aromatic rings. The van der Waals surface area contributed by atoms with Gasteiger partial charge < -0.3 is 10.5 Å². The second-order valence-corrected chi connectivity index (χ2v) is 6.23. The zero-order chi connectivity index (χ0) is 12.5. The summed E-state index contributed by atoms with van der Waals surface area (Å²) in [6, 6.07) is 7.91. The van der Waals surface area contributed by atoms with Crippen molar-refractivity contribution in [2.75, 3.05) is 5.73 Å². The molecule has 0 aliphatic carbocycles. The maximum atomic E-state index is 5.99. The molecule has 0 unspecified atom stereocenters. The van der Waals surface area contributed by atoms with Crippen molar-refractivity contribution in [3.05, 3.63) is 39.5 Å². The quantitative estimate of drug-likeness (QED) is 0.740. The third kappa shape index (κ3) is 2.19. The first-order chi connectivity index (χ1) is 8.72. The van der Waals surface area contributed by atoms with Gasteiger partial charge in [-0.15, -0.1) is 22.7 Å². The second-order valence-electron chi connectivity index (χ2n) is 3.96. The Labute approximate surface area is 113 Å². The normalized spacial score (nSPS) is 10.9. The topological polar surface area (TPSA) is 48.1 Å². The molecule has 2 aromatic heterocycles. The van der Waals surface area contributed by atoms with E-state index in [0.29, 0.717) is 18.0 Å². The second kappa shape index (κ2) is 4.59. The Morgan fingerprint density at radius 3 is 3.06 bits per heavy atom. The van der Waals surface area contributed by atoms with Crippen LogP contribution in [0.4, 0.5) is 5.69 Å². The van der Waals surface area contributed by atoms with Gasteiger partial charge in [0.25, 0.3) is 0 Å². The van der Waals surface area contributed by atoms with Crippen LogP contribution in [-0.2, 0) is 6.61 Å². The van der Waals surface area contributed by atoms with Crippen molar-refractivity contribution in [2.45, 2.75) is 13.5 Å². The fraction of sp³-hybridized carbons (Fsp3) is 0.154. The number of nitrogen functional groups attached to an aromatic ring is 1. The molecule has 0 aliphatic rings. The van der Waals surface area contributed by atoms with Crippen molar-refractivity contribution in [3.8, 4) is 5.75 Å². The summed E-state index contributed by atoms with van der Waals surface area (Å²) in [6.45, 7) is 2.55. The molecule has 5 heteroatoms. The number of aryl methyl sites for hydroxylation is 1. The maximum Gasteiger partial charge on any atom is 0.144 e. The predicted molar refractivity (Wildman–Crippen MR) is 77.4 cm³/mol. The molecule has 0 aliphatic heterocycles. The highest BCUT2D eigenvalue weighted by Crippen LogP contribution is 2.31. The van der Waals surface area contributed by atoms with Gasteiger partial charge in [0.1, 0.15) is 12.4 Å². The summed E-state index contributed by atoms with van der Waals surface area (Å²) in [5, 5.41) is 3.08. The van der Waals surface area contributed by atoms with E-state index in [-0.39, 0.29) is 0 Å². The summed E-state index contributed by atoms with van der Waals surface area (Å²) in [5.74, 6) is 0.709. The van der Waals surface area contributed by atoms with Crippen LogP contribution in [0.5, 0.6) is 5.75 Å². The Hall–Kier alpha value is -1.59. The fourth-order valence-corrected chi connectivity index (χ4v) is 3.23. The highest BCUT2D eigenvalue weighted by molar-refractivity contribution is 7.18. The van der Waals surface area contributed by atoms with Crippen LogP contribution in [0.1, 0.15) is 9.88 Å². The summed E-state index contributed by atoms with van der Waals surface area (Å²) in [7, 11) is 0. The largest absolute Gasteiger partial charge is 0.486 e. The van der Waals surface area contributed by atoms with Crippen molar-refractivity contribution in [3.63, 3.8) is 0 Å². The van der Waals surface area contributed by atoms with Gasteiger partial charge in [0, 0.05) is 10.9 Å². The van der Waals surface area contributed by atoms with Crippen molar-refractivity contribution in [1.82, 2.24) is 4.98 Å². The Morgan fingerprint density at radius 1 is 1.39 bits per heavy atom. The van der Waals surface area contributed by atoms with E-state index >= 15 is 0 Å². The van der Waals surface area contributed by atoms with Crippen LogP contribution in [0.15, 0.2) is 29.6 Å². The van der Waals surface area contributed by atoms with Crippen LogP contribution < -0.4 is 10.5 Å². The number of fused-ring (bicyclic) bond motifs is 1. The van der Waals surface area contributed by atoms with Crippen LogP contribution >= 0.6 is 22.7 Å². The zero-order valence-corrected chi connectivity index (χ0v) is 11.5. The van der Waals surface area contributed by atoms with Gasteiger partial charge in [0.2, 0.25) is 0 Å². The molecule has 0 spiro atoms. The lowest BCUT2D eigenvalue weighted by Crippen LogP contribution is -1.97. The molecule has 18 heavy (non-hydrogen) atoms. The van der Waals surface area contributed by atoms with E-state index in [0.717, 1.165) is 15.2 Å². The van der Waals surface area contributed by atoms with Crippen LogP contribution in [0.25, 0.3) is 10.2 Å². The van der Waals surface area contributed by atoms with E-state index in [1.165, 1.54) is 4.88 Å². The lowest BCUT2D eigenvalue weighted by molar-refractivity contribution is 0.312. The number of rotatable bonds is 3. The number of nitrogens with zero attached hydrogens (tertiary/aromatic N) is 1. The maximum absolute atomic E-state index is 5.99. The number of ether oxygens (including phenoxy) is 1. The first-order valence-corrected chi connectivity index (χ1v) is 7.24. The van der Waals surface area contributed by atoms with Gasteiger partial charge in [-0.3, -0.25) is 0 Å². The standard InChI is InChI=1S/C13H12N2OS2/c1-8-15-11-6-12(10(14)5-13(11)18-8)16-7-9-3-2-4-17-9/h2-6H,7,14H2,1H3. The summed E-state index contributed by atoms with van der Waals surface area (Å²) in [6.07, 6.45) is 0. The van der Waals surface area contributed by atoms with Gasteiger partial charge in [-0.25, -0.2) is 4.98 Å². The van der Waals surface area contributed by atoms with Gasteiger partial charge in [0.05, 0.1) is 20.9 Å². The van der Waals surface area contributed by atoms with E-state index in [4.69, 9.17) is 10.5 Å². The molecule has 2 heterocycles. The first-order valence-electron chi connectivity index (χ1n) is 5.54. The van der Waals surface area contributed by atoms with Gasteiger partial charge in [-0.05, 0) is 24.4 Å². The van der Waals surface area contributed by atoms with Crippen LogP contribution in [0, 0.1) is 6.92 Å².